The van der Waals surface area contributed by atoms with Crippen LogP contribution in [0.25, 0.3) is 67.5 Å². The monoisotopic (exact) mass is 653 g/mol. The van der Waals surface area contributed by atoms with Crippen molar-refractivity contribution < 1.29 is 0 Å². The van der Waals surface area contributed by atoms with Gasteiger partial charge in [0.15, 0.2) is 17.5 Å². The SMILES string of the molecule is CC1(C)c2ccccc2-c2c1ccc1c2-c2ccc(-c3nc(-c4ccccc4)nc(-c4ccc5c(c4)-c4ccccc4C4CC54)n3)cc2C2CC12. The maximum atomic E-state index is 5.25. The second-order valence-electron chi connectivity index (χ2n) is 15.9. The van der Waals surface area contributed by atoms with E-state index in [1.807, 2.05) is 6.07 Å². The predicted octanol–water partition coefficient (Wildman–Crippen LogP) is 11.7. The zero-order valence-corrected chi connectivity index (χ0v) is 28.7. The van der Waals surface area contributed by atoms with E-state index in [2.05, 4.69) is 135 Å². The van der Waals surface area contributed by atoms with E-state index in [0.717, 1.165) is 28.3 Å². The van der Waals surface area contributed by atoms with Crippen molar-refractivity contribution in [2.75, 3.05) is 0 Å². The van der Waals surface area contributed by atoms with Crippen LogP contribution in [-0.4, -0.2) is 15.0 Å². The largest absolute Gasteiger partial charge is 0.208 e. The third-order valence-electron chi connectivity index (χ3n) is 12.8. The Morgan fingerprint density at radius 3 is 1.80 bits per heavy atom. The highest BCUT2D eigenvalue weighted by molar-refractivity contribution is 5.97. The quantitative estimate of drug-likeness (QED) is 0.190. The van der Waals surface area contributed by atoms with Crippen LogP contribution < -0.4 is 0 Å². The van der Waals surface area contributed by atoms with Gasteiger partial charge in [0.1, 0.15) is 0 Å². The number of fused-ring (bicyclic) bond motifs is 16. The van der Waals surface area contributed by atoms with Crippen molar-refractivity contribution in [2.24, 2.45) is 0 Å². The van der Waals surface area contributed by atoms with E-state index in [0.29, 0.717) is 29.5 Å². The maximum absolute atomic E-state index is 5.25. The summed E-state index contributed by atoms with van der Waals surface area (Å²) in [6.45, 7) is 4.76. The first-order valence-electron chi connectivity index (χ1n) is 18.5. The Labute approximate surface area is 298 Å². The van der Waals surface area contributed by atoms with Gasteiger partial charge in [-0.15, -0.1) is 0 Å². The zero-order valence-electron chi connectivity index (χ0n) is 28.7. The lowest BCUT2D eigenvalue weighted by molar-refractivity contribution is 0.660. The molecule has 0 amide bonds. The third kappa shape index (κ3) is 3.87. The molecule has 0 N–H and O–H groups in total. The highest BCUT2D eigenvalue weighted by atomic mass is 15.0. The zero-order chi connectivity index (χ0) is 33.6. The number of hydrogen-bond donors (Lipinski definition) is 0. The Morgan fingerprint density at radius 1 is 0.412 bits per heavy atom. The molecule has 0 spiro atoms. The molecular weight excluding hydrogens is 619 g/mol. The number of benzene rings is 6. The summed E-state index contributed by atoms with van der Waals surface area (Å²) in [5.41, 5.74) is 20.2. The Bertz CT molecular complexity index is 2650. The molecule has 1 aromatic heterocycles. The topological polar surface area (TPSA) is 38.7 Å². The standard InChI is InChI=1S/C48H35N3/c1-48(2)41-15-9-8-14-34(41)44-42(48)21-20-33-39-25-40(39)36-23-28(17-19-32(36)43(33)44)47-50-45(26-10-4-3-5-11-26)49-46(51-47)27-16-18-31-35(22-27)29-12-6-7-13-30(29)37-24-38(31)37/h3-23,37-40H,24-25H2,1-2H3. The van der Waals surface area contributed by atoms with Gasteiger partial charge in [0.05, 0.1) is 0 Å². The molecule has 2 fully saturated rings. The molecular formula is C48H35N3. The smallest absolute Gasteiger partial charge is 0.164 e. The molecule has 4 unspecified atom stereocenters. The van der Waals surface area contributed by atoms with Crippen molar-refractivity contribution in [3.8, 4) is 67.5 Å². The van der Waals surface area contributed by atoms with Crippen molar-refractivity contribution in [3.63, 3.8) is 0 Å². The molecule has 5 aliphatic rings. The molecule has 242 valence electrons. The normalized spacial score (nSPS) is 21.5. The molecule has 5 aliphatic carbocycles. The molecule has 7 aromatic rings. The van der Waals surface area contributed by atoms with E-state index in [-0.39, 0.29) is 5.41 Å². The second-order valence-corrected chi connectivity index (χ2v) is 15.9. The molecule has 3 heteroatoms. The van der Waals surface area contributed by atoms with E-state index in [9.17, 15) is 0 Å². The van der Waals surface area contributed by atoms with Gasteiger partial charge in [0.2, 0.25) is 0 Å². The Morgan fingerprint density at radius 2 is 1.00 bits per heavy atom. The number of nitrogens with zero attached hydrogens (tertiary/aromatic N) is 3. The average molecular weight is 654 g/mol. The minimum Gasteiger partial charge on any atom is -0.208 e. The van der Waals surface area contributed by atoms with Gasteiger partial charge in [-0.05, 0) is 115 Å². The molecule has 6 aromatic carbocycles. The molecule has 51 heavy (non-hydrogen) atoms. The lowest BCUT2D eigenvalue weighted by Gasteiger charge is -2.26. The molecule has 0 bridgehead atoms. The maximum Gasteiger partial charge on any atom is 0.164 e. The summed E-state index contributed by atoms with van der Waals surface area (Å²) in [4.78, 5) is 15.5. The first-order chi connectivity index (χ1) is 25.0. The van der Waals surface area contributed by atoms with E-state index in [4.69, 9.17) is 15.0 Å². The van der Waals surface area contributed by atoms with Gasteiger partial charge >= 0.3 is 0 Å². The first-order valence-corrected chi connectivity index (χ1v) is 18.5. The number of aromatic nitrogens is 3. The molecule has 4 atom stereocenters. The van der Waals surface area contributed by atoms with Crippen molar-refractivity contribution in [2.45, 2.75) is 55.8 Å². The second kappa shape index (κ2) is 9.76. The number of hydrogen-bond acceptors (Lipinski definition) is 3. The van der Waals surface area contributed by atoms with Crippen LogP contribution in [0.1, 0.15) is 83.7 Å². The van der Waals surface area contributed by atoms with Gasteiger partial charge in [-0.25, -0.2) is 15.0 Å². The van der Waals surface area contributed by atoms with Gasteiger partial charge in [-0.2, -0.15) is 0 Å². The summed E-state index contributed by atoms with van der Waals surface area (Å²) in [5, 5.41) is 0. The van der Waals surface area contributed by atoms with Gasteiger partial charge in [-0.1, -0.05) is 129 Å². The van der Waals surface area contributed by atoms with E-state index in [1.165, 1.54) is 79.6 Å². The summed E-state index contributed by atoms with van der Waals surface area (Å²) in [5.74, 6) is 4.57. The van der Waals surface area contributed by atoms with Crippen LogP contribution in [0.2, 0.25) is 0 Å². The van der Waals surface area contributed by atoms with Crippen LogP contribution in [0, 0.1) is 0 Å². The summed E-state index contributed by atoms with van der Waals surface area (Å²) in [6.07, 6.45) is 2.44. The number of rotatable bonds is 3. The molecule has 1 heterocycles. The molecule has 12 rings (SSSR count). The van der Waals surface area contributed by atoms with E-state index >= 15 is 0 Å². The summed E-state index contributed by atoms with van der Waals surface area (Å²) < 4.78 is 0. The van der Waals surface area contributed by atoms with Crippen LogP contribution in [0.15, 0.2) is 127 Å². The van der Waals surface area contributed by atoms with Gasteiger partial charge in [0, 0.05) is 22.1 Å². The minimum atomic E-state index is -0.0181. The van der Waals surface area contributed by atoms with Crippen molar-refractivity contribution in [3.05, 3.63) is 161 Å². The summed E-state index contributed by atoms with van der Waals surface area (Å²) >= 11 is 0. The van der Waals surface area contributed by atoms with Crippen LogP contribution in [-0.2, 0) is 5.41 Å². The Hall–Kier alpha value is -5.67. The highest BCUT2D eigenvalue weighted by Gasteiger charge is 2.49. The lowest BCUT2D eigenvalue weighted by Crippen LogP contribution is -2.15. The molecule has 0 radical (unpaired) electrons. The third-order valence-corrected chi connectivity index (χ3v) is 12.8. The molecule has 0 aliphatic heterocycles. The van der Waals surface area contributed by atoms with Crippen LogP contribution in [0.5, 0.6) is 0 Å². The fourth-order valence-electron chi connectivity index (χ4n) is 10.1. The highest BCUT2D eigenvalue weighted by Crippen LogP contribution is 2.66. The summed E-state index contributed by atoms with van der Waals surface area (Å²) in [6, 6.07) is 47.1. The van der Waals surface area contributed by atoms with Gasteiger partial charge < -0.3 is 0 Å². The fourth-order valence-corrected chi connectivity index (χ4v) is 10.1. The average Bonchev–Trinajstić information content (AvgIpc) is 4.12. The van der Waals surface area contributed by atoms with Gasteiger partial charge in [0.25, 0.3) is 0 Å². The Balaban J connectivity index is 1.03. The first kappa shape index (κ1) is 28.1. The van der Waals surface area contributed by atoms with Crippen LogP contribution in [0.3, 0.4) is 0 Å². The Kier molecular flexibility index (Phi) is 5.37. The van der Waals surface area contributed by atoms with Crippen molar-refractivity contribution in [1.29, 1.82) is 0 Å². The fraction of sp³-hybridized carbons (Fsp3) is 0.188. The predicted molar refractivity (Wildman–Crippen MR) is 205 cm³/mol. The van der Waals surface area contributed by atoms with E-state index in [1.54, 1.807) is 0 Å². The minimum absolute atomic E-state index is 0.0181. The van der Waals surface area contributed by atoms with Crippen LogP contribution >= 0.6 is 0 Å². The molecule has 0 saturated heterocycles. The van der Waals surface area contributed by atoms with Crippen molar-refractivity contribution in [1.82, 2.24) is 15.0 Å². The lowest BCUT2D eigenvalue weighted by atomic mass is 9.78. The van der Waals surface area contributed by atoms with E-state index < -0.39 is 0 Å². The van der Waals surface area contributed by atoms with Crippen molar-refractivity contribution >= 4 is 0 Å². The molecule has 2 saturated carbocycles. The summed E-state index contributed by atoms with van der Waals surface area (Å²) in [7, 11) is 0. The van der Waals surface area contributed by atoms with Gasteiger partial charge in [-0.3, -0.25) is 0 Å². The molecule has 3 nitrogen and oxygen atoms in total. The van der Waals surface area contributed by atoms with Crippen LogP contribution in [0.4, 0.5) is 0 Å².